The van der Waals surface area contributed by atoms with Gasteiger partial charge in [-0.15, -0.1) is 0 Å². The highest BCUT2D eigenvalue weighted by Gasteiger charge is 2.16. The summed E-state index contributed by atoms with van der Waals surface area (Å²) in [6, 6.07) is 28.8. The molecular formula is C28H34N2O2. The standard InChI is InChI=1S/C28H34N2O2/c1-3-10-25(11-4-1)12-9-17-29-18-20-30(21-19-29)22-23-31-24-26-13-7-8-16-28(26)32-27-14-5-2-6-15-27/h1-8,10-11,13-16H,9,12,17-24H2. The topological polar surface area (TPSA) is 24.9 Å². The first-order valence-corrected chi connectivity index (χ1v) is 11.7. The Morgan fingerprint density at radius 3 is 2.03 bits per heavy atom. The molecule has 0 radical (unpaired) electrons. The second-order valence-corrected chi connectivity index (χ2v) is 8.35. The highest BCUT2D eigenvalue weighted by molar-refractivity contribution is 5.37. The smallest absolute Gasteiger partial charge is 0.132 e. The van der Waals surface area contributed by atoms with Crippen molar-refractivity contribution >= 4 is 0 Å². The summed E-state index contributed by atoms with van der Waals surface area (Å²) in [6.45, 7) is 8.06. The van der Waals surface area contributed by atoms with Crippen LogP contribution in [0.25, 0.3) is 0 Å². The normalized spacial score (nSPS) is 15.0. The summed E-state index contributed by atoms with van der Waals surface area (Å²) in [5, 5.41) is 0. The predicted molar refractivity (Wildman–Crippen MR) is 130 cm³/mol. The number of hydrogen-bond acceptors (Lipinski definition) is 4. The van der Waals surface area contributed by atoms with E-state index in [1.54, 1.807) is 0 Å². The molecule has 1 heterocycles. The van der Waals surface area contributed by atoms with E-state index in [9.17, 15) is 0 Å². The molecule has 4 heteroatoms. The Hall–Kier alpha value is -2.66. The summed E-state index contributed by atoms with van der Waals surface area (Å²) >= 11 is 0. The molecule has 0 aliphatic carbocycles. The van der Waals surface area contributed by atoms with Crippen molar-refractivity contribution in [3.8, 4) is 11.5 Å². The molecule has 0 unspecified atom stereocenters. The minimum absolute atomic E-state index is 0.572. The second kappa shape index (κ2) is 12.4. The van der Waals surface area contributed by atoms with E-state index in [1.807, 2.05) is 48.5 Å². The third-order valence-corrected chi connectivity index (χ3v) is 6.00. The molecule has 0 amide bonds. The van der Waals surface area contributed by atoms with E-state index in [4.69, 9.17) is 9.47 Å². The van der Waals surface area contributed by atoms with Gasteiger partial charge < -0.3 is 14.4 Å². The molecular weight excluding hydrogens is 396 g/mol. The van der Waals surface area contributed by atoms with Crippen molar-refractivity contribution in [2.24, 2.45) is 0 Å². The summed E-state index contributed by atoms with van der Waals surface area (Å²) in [6.07, 6.45) is 2.40. The molecule has 1 fully saturated rings. The number of benzene rings is 3. The van der Waals surface area contributed by atoms with Gasteiger partial charge in [-0.1, -0.05) is 66.7 Å². The maximum atomic E-state index is 6.03. The second-order valence-electron chi connectivity index (χ2n) is 8.35. The SMILES string of the molecule is c1ccc(CCCN2CCN(CCOCc3ccccc3Oc3ccccc3)CC2)cc1. The molecule has 3 aromatic rings. The largest absolute Gasteiger partial charge is 0.457 e. The molecule has 3 aromatic carbocycles. The molecule has 0 N–H and O–H groups in total. The van der Waals surface area contributed by atoms with E-state index in [0.29, 0.717) is 6.61 Å². The molecule has 168 valence electrons. The van der Waals surface area contributed by atoms with Crippen molar-refractivity contribution in [1.82, 2.24) is 9.80 Å². The van der Waals surface area contributed by atoms with Crippen molar-refractivity contribution in [3.05, 3.63) is 96.1 Å². The van der Waals surface area contributed by atoms with Gasteiger partial charge >= 0.3 is 0 Å². The molecule has 0 saturated carbocycles. The lowest BCUT2D eigenvalue weighted by Gasteiger charge is -2.34. The summed E-state index contributed by atoms with van der Waals surface area (Å²) in [4.78, 5) is 5.11. The summed E-state index contributed by atoms with van der Waals surface area (Å²) in [5.74, 6) is 1.71. The van der Waals surface area contributed by atoms with Crippen LogP contribution in [-0.2, 0) is 17.8 Å². The Balaban J connectivity index is 1.12. The van der Waals surface area contributed by atoms with E-state index in [0.717, 1.165) is 56.4 Å². The Labute approximate surface area is 192 Å². The van der Waals surface area contributed by atoms with Gasteiger partial charge in [0.15, 0.2) is 0 Å². The maximum absolute atomic E-state index is 6.03. The third-order valence-electron chi connectivity index (χ3n) is 6.00. The van der Waals surface area contributed by atoms with Crippen LogP contribution >= 0.6 is 0 Å². The van der Waals surface area contributed by atoms with Crippen LogP contribution in [0.3, 0.4) is 0 Å². The van der Waals surface area contributed by atoms with Gasteiger partial charge in [-0.2, -0.15) is 0 Å². The van der Waals surface area contributed by atoms with Gasteiger partial charge in [-0.3, -0.25) is 4.90 Å². The zero-order valence-corrected chi connectivity index (χ0v) is 18.9. The molecule has 0 spiro atoms. The van der Waals surface area contributed by atoms with Gasteiger partial charge in [-0.25, -0.2) is 0 Å². The quantitative estimate of drug-likeness (QED) is 0.388. The molecule has 4 nitrogen and oxygen atoms in total. The van der Waals surface area contributed by atoms with Crippen LogP contribution < -0.4 is 4.74 Å². The Morgan fingerprint density at radius 2 is 1.28 bits per heavy atom. The number of piperazine rings is 1. The highest BCUT2D eigenvalue weighted by Crippen LogP contribution is 2.25. The fraction of sp³-hybridized carbons (Fsp3) is 0.357. The first kappa shape index (κ1) is 22.5. The highest BCUT2D eigenvalue weighted by atomic mass is 16.5. The number of rotatable bonds is 11. The van der Waals surface area contributed by atoms with Crippen LogP contribution in [-0.4, -0.2) is 55.7 Å². The van der Waals surface area contributed by atoms with Gasteiger partial charge in [0.25, 0.3) is 0 Å². The monoisotopic (exact) mass is 430 g/mol. The van der Waals surface area contributed by atoms with Gasteiger partial charge in [0.1, 0.15) is 11.5 Å². The molecule has 0 atom stereocenters. The first-order chi connectivity index (χ1) is 15.9. The van der Waals surface area contributed by atoms with Crippen molar-refractivity contribution in [2.45, 2.75) is 19.4 Å². The molecule has 4 rings (SSSR count). The molecule has 32 heavy (non-hydrogen) atoms. The van der Waals surface area contributed by atoms with Crippen LogP contribution in [0.15, 0.2) is 84.9 Å². The fourth-order valence-corrected chi connectivity index (χ4v) is 4.10. The molecule has 1 saturated heterocycles. The molecule has 1 aliphatic rings. The van der Waals surface area contributed by atoms with Crippen LogP contribution in [0.2, 0.25) is 0 Å². The average molecular weight is 431 g/mol. The predicted octanol–water partition coefficient (Wildman–Crippen LogP) is 5.25. The summed E-state index contributed by atoms with van der Waals surface area (Å²) in [5.41, 5.74) is 2.53. The van der Waals surface area contributed by atoms with Gasteiger partial charge in [0, 0.05) is 38.3 Å². The van der Waals surface area contributed by atoms with Crippen molar-refractivity contribution in [1.29, 1.82) is 0 Å². The van der Waals surface area contributed by atoms with E-state index < -0.39 is 0 Å². The Kier molecular flexibility index (Phi) is 8.73. The lowest BCUT2D eigenvalue weighted by molar-refractivity contribution is 0.0676. The fourth-order valence-electron chi connectivity index (χ4n) is 4.10. The minimum Gasteiger partial charge on any atom is -0.457 e. The lowest BCUT2D eigenvalue weighted by atomic mass is 10.1. The van der Waals surface area contributed by atoms with Crippen LogP contribution in [0.4, 0.5) is 0 Å². The number of aryl methyl sites for hydroxylation is 1. The third kappa shape index (κ3) is 7.20. The van der Waals surface area contributed by atoms with Gasteiger partial charge in [-0.05, 0) is 43.1 Å². The lowest BCUT2D eigenvalue weighted by Crippen LogP contribution is -2.47. The minimum atomic E-state index is 0.572. The van der Waals surface area contributed by atoms with E-state index in [2.05, 4.69) is 46.2 Å². The average Bonchev–Trinajstić information content (AvgIpc) is 2.85. The zero-order valence-electron chi connectivity index (χ0n) is 18.9. The van der Waals surface area contributed by atoms with Crippen LogP contribution in [0, 0.1) is 0 Å². The molecule has 0 aromatic heterocycles. The first-order valence-electron chi connectivity index (χ1n) is 11.7. The van der Waals surface area contributed by atoms with E-state index >= 15 is 0 Å². The number of hydrogen-bond donors (Lipinski definition) is 0. The molecule has 0 bridgehead atoms. The Morgan fingerprint density at radius 1 is 0.656 bits per heavy atom. The van der Waals surface area contributed by atoms with Gasteiger partial charge in [0.05, 0.1) is 13.2 Å². The number of nitrogens with zero attached hydrogens (tertiary/aromatic N) is 2. The number of ether oxygens (including phenoxy) is 2. The zero-order chi connectivity index (χ0) is 21.8. The van der Waals surface area contributed by atoms with E-state index in [-0.39, 0.29) is 0 Å². The molecule has 1 aliphatic heterocycles. The van der Waals surface area contributed by atoms with Crippen molar-refractivity contribution in [2.75, 3.05) is 45.9 Å². The maximum Gasteiger partial charge on any atom is 0.132 e. The Bertz CT molecular complexity index is 909. The van der Waals surface area contributed by atoms with E-state index in [1.165, 1.54) is 24.9 Å². The van der Waals surface area contributed by atoms with Crippen molar-refractivity contribution < 1.29 is 9.47 Å². The van der Waals surface area contributed by atoms with Crippen molar-refractivity contribution in [3.63, 3.8) is 0 Å². The number of para-hydroxylation sites is 2. The van der Waals surface area contributed by atoms with Gasteiger partial charge in [0.2, 0.25) is 0 Å². The van der Waals surface area contributed by atoms with Crippen LogP contribution in [0.5, 0.6) is 11.5 Å². The summed E-state index contributed by atoms with van der Waals surface area (Å²) in [7, 11) is 0. The summed E-state index contributed by atoms with van der Waals surface area (Å²) < 4.78 is 12.0. The van der Waals surface area contributed by atoms with Crippen LogP contribution in [0.1, 0.15) is 17.5 Å².